The van der Waals surface area contributed by atoms with Gasteiger partial charge in [0, 0.05) is 56.3 Å². The Morgan fingerprint density at radius 3 is 2.46 bits per heavy atom. The number of aryl methyl sites for hydroxylation is 2. The highest BCUT2D eigenvalue weighted by molar-refractivity contribution is 5.95. The third-order valence-corrected chi connectivity index (χ3v) is 7.68. The van der Waals surface area contributed by atoms with Gasteiger partial charge in [0.05, 0.1) is 6.20 Å². The number of rotatable bonds is 6. The van der Waals surface area contributed by atoms with Crippen molar-refractivity contribution in [3.8, 4) is 11.1 Å². The van der Waals surface area contributed by atoms with Crippen LogP contribution >= 0.6 is 0 Å². The minimum Gasteiger partial charge on any atom is -0.339 e. The third-order valence-electron chi connectivity index (χ3n) is 7.68. The van der Waals surface area contributed by atoms with E-state index in [0.717, 1.165) is 62.1 Å². The summed E-state index contributed by atoms with van der Waals surface area (Å²) in [4.78, 5) is 27.9. The van der Waals surface area contributed by atoms with Gasteiger partial charge in [-0.3, -0.25) is 14.3 Å². The molecule has 35 heavy (non-hydrogen) atoms. The number of carbonyl (C=O) groups excluding carboxylic acids is 2. The van der Waals surface area contributed by atoms with Crippen LogP contribution in [0.25, 0.3) is 11.1 Å². The molecule has 2 aromatic carbocycles. The highest BCUT2D eigenvalue weighted by Gasteiger charge is 2.26. The minimum atomic E-state index is 0.0756. The van der Waals surface area contributed by atoms with Crippen molar-refractivity contribution in [2.75, 3.05) is 26.2 Å². The molecule has 182 valence electrons. The van der Waals surface area contributed by atoms with Gasteiger partial charge >= 0.3 is 0 Å². The summed E-state index contributed by atoms with van der Waals surface area (Å²) in [6.07, 6.45) is 7.16. The molecule has 0 spiro atoms. The molecule has 6 nitrogen and oxygen atoms in total. The molecule has 2 aliphatic heterocycles. The normalized spacial score (nSPS) is 18.7. The molecular weight excluding hydrogens is 436 g/mol. The van der Waals surface area contributed by atoms with Gasteiger partial charge in [-0.25, -0.2) is 0 Å². The van der Waals surface area contributed by atoms with Crippen LogP contribution in [0.3, 0.4) is 0 Å². The van der Waals surface area contributed by atoms with Crippen LogP contribution in [0.2, 0.25) is 0 Å². The number of hydrogen-bond donors (Lipinski definition) is 1. The first-order valence-corrected chi connectivity index (χ1v) is 12.7. The maximum atomic E-state index is 13.3. The van der Waals surface area contributed by atoms with Crippen molar-refractivity contribution in [3.63, 3.8) is 0 Å². The number of hydrogen-bond acceptors (Lipinski definition) is 4. The van der Waals surface area contributed by atoms with Crippen LogP contribution in [-0.4, -0.2) is 52.5 Å². The summed E-state index contributed by atoms with van der Waals surface area (Å²) in [5.41, 5.74) is 6.39. The van der Waals surface area contributed by atoms with Gasteiger partial charge in [0.15, 0.2) is 0 Å². The van der Waals surface area contributed by atoms with Gasteiger partial charge in [0.1, 0.15) is 5.78 Å². The molecule has 0 aliphatic carbocycles. The fourth-order valence-electron chi connectivity index (χ4n) is 5.37. The summed E-state index contributed by atoms with van der Waals surface area (Å²) >= 11 is 0. The Kier molecular flexibility index (Phi) is 6.82. The van der Waals surface area contributed by atoms with Crippen molar-refractivity contribution < 1.29 is 9.59 Å². The number of Topliss-reactive ketones (excluding diaryl/α,β-unsaturated/α-hetero) is 1. The highest BCUT2D eigenvalue weighted by Crippen LogP contribution is 2.30. The van der Waals surface area contributed by atoms with Crippen molar-refractivity contribution in [1.29, 1.82) is 0 Å². The molecule has 3 heterocycles. The Labute approximate surface area is 207 Å². The second-order valence-electron chi connectivity index (χ2n) is 10.1. The van der Waals surface area contributed by atoms with Crippen LogP contribution in [0.5, 0.6) is 0 Å². The molecule has 1 unspecified atom stereocenters. The zero-order valence-electron chi connectivity index (χ0n) is 20.7. The maximum absolute atomic E-state index is 13.3. The van der Waals surface area contributed by atoms with Crippen LogP contribution in [-0.2, 0) is 18.3 Å². The average molecular weight is 471 g/mol. The zero-order valence-corrected chi connectivity index (χ0v) is 20.7. The molecule has 1 aromatic heterocycles. The average Bonchev–Trinajstić information content (AvgIpc) is 3.58. The van der Waals surface area contributed by atoms with Gasteiger partial charge < -0.3 is 10.2 Å². The van der Waals surface area contributed by atoms with Crippen molar-refractivity contribution >= 4 is 11.7 Å². The Morgan fingerprint density at radius 2 is 1.80 bits per heavy atom. The highest BCUT2D eigenvalue weighted by atomic mass is 16.2. The SMILES string of the molecule is Cc1ccc(C(=O)N2CCC(c3ccc(-c4cnn(C)c4)cc3)CC2)cc1CC(=O)C1CCNC1. The molecule has 1 amide bonds. The lowest BCUT2D eigenvalue weighted by Crippen LogP contribution is -2.38. The summed E-state index contributed by atoms with van der Waals surface area (Å²) < 4.78 is 1.82. The van der Waals surface area contributed by atoms with E-state index in [1.807, 2.05) is 54.1 Å². The van der Waals surface area contributed by atoms with Crippen molar-refractivity contribution in [1.82, 2.24) is 20.0 Å². The first-order valence-electron chi connectivity index (χ1n) is 12.7. The molecule has 1 N–H and O–H groups in total. The van der Waals surface area contributed by atoms with E-state index < -0.39 is 0 Å². The van der Waals surface area contributed by atoms with E-state index in [2.05, 4.69) is 34.7 Å². The second kappa shape index (κ2) is 10.2. The molecule has 1 atom stereocenters. The quantitative estimate of drug-likeness (QED) is 0.588. The Morgan fingerprint density at radius 1 is 1.03 bits per heavy atom. The number of likely N-dealkylation sites (tertiary alicyclic amines) is 1. The monoisotopic (exact) mass is 470 g/mol. The number of benzene rings is 2. The van der Waals surface area contributed by atoms with Crippen LogP contribution in [0.1, 0.15) is 52.2 Å². The van der Waals surface area contributed by atoms with E-state index in [0.29, 0.717) is 17.9 Å². The van der Waals surface area contributed by atoms with Crippen LogP contribution in [0, 0.1) is 12.8 Å². The Balaban J connectivity index is 1.20. The van der Waals surface area contributed by atoms with Gasteiger partial charge in [-0.1, -0.05) is 30.3 Å². The number of ketones is 1. The molecule has 0 radical (unpaired) electrons. The molecule has 5 rings (SSSR count). The smallest absolute Gasteiger partial charge is 0.253 e. The molecule has 6 heteroatoms. The number of nitrogens with zero attached hydrogens (tertiary/aromatic N) is 3. The Hall–Kier alpha value is -3.25. The maximum Gasteiger partial charge on any atom is 0.253 e. The van der Waals surface area contributed by atoms with E-state index in [9.17, 15) is 9.59 Å². The van der Waals surface area contributed by atoms with E-state index >= 15 is 0 Å². The van der Waals surface area contributed by atoms with Crippen molar-refractivity contribution in [2.24, 2.45) is 13.0 Å². The number of amides is 1. The predicted octanol–water partition coefficient (Wildman–Crippen LogP) is 4.14. The fraction of sp³-hybridized carbons (Fsp3) is 0.414. The van der Waals surface area contributed by atoms with Gasteiger partial charge in [-0.2, -0.15) is 5.10 Å². The fourth-order valence-corrected chi connectivity index (χ4v) is 5.37. The van der Waals surface area contributed by atoms with Crippen LogP contribution in [0.4, 0.5) is 0 Å². The van der Waals surface area contributed by atoms with Gasteiger partial charge in [0.2, 0.25) is 0 Å². The first-order chi connectivity index (χ1) is 17.0. The minimum absolute atomic E-state index is 0.0756. The zero-order chi connectivity index (χ0) is 24.4. The van der Waals surface area contributed by atoms with Gasteiger partial charge in [-0.15, -0.1) is 0 Å². The lowest BCUT2D eigenvalue weighted by Gasteiger charge is -2.32. The standard InChI is InChI=1S/C29H34N4O2/c1-20-3-4-24(15-26(20)16-28(34)25-9-12-30-17-25)29(35)33-13-10-23(11-14-33)21-5-7-22(8-6-21)27-18-31-32(2)19-27/h3-8,15,18-19,23,25,30H,9-14,16-17H2,1-2H3. The van der Waals surface area contributed by atoms with E-state index in [1.165, 1.54) is 11.1 Å². The topological polar surface area (TPSA) is 67.2 Å². The van der Waals surface area contributed by atoms with Gasteiger partial charge in [0.25, 0.3) is 5.91 Å². The molecule has 0 saturated carbocycles. The second-order valence-corrected chi connectivity index (χ2v) is 10.1. The summed E-state index contributed by atoms with van der Waals surface area (Å²) in [6, 6.07) is 14.6. The number of piperidine rings is 1. The molecule has 2 aliphatic rings. The number of nitrogens with one attached hydrogen (secondary N) is 1. The lowest BCUT2D eigenvalue weighted by atomic mass is 9.88. The van der Waals surface area contributed by atoms with E-state index in [1.54, 1.807) is 0 Å². The summed E-state index contributed by atoms with van der Waals surface area (Å²) in [7, 11) is 1.93. The van der Waals surface area contributed by atoms with Crippen LogP contribution < -0.4 is 5.32 Å². The molecular formula is C29H34N4O2. The van der Waals surface area contributed by atoms with E-state index in [-0.39, 0.29) is 17.6 Å². The number of carbonyl (C=O) groups is 2. The van der Waals surface area contributed by atoms with Gasteiger partial charge in [-0.05, 0) is 73.0 Å². The van der Waals surface area contributed by atoms with E-state index in [4.69, 9.17) is 0 Å². The largest absolute Gasteiger partial charge is 0.339 e. The van der Waals surface area contributed by atoms with Crippen molar-refractivity contribution in [3.05, 3.63) is 77.1 Å². The van der Waals surface area contributed by atoms with Crippen LogP contribution in [0.15, 0.2) is 54.9 Å². The molecule has 0 bridgehead atoms. The molecule has 2 saturated heterocycles. The first kappa shape index (κ1) is 23.5. The summed E-state index contributed by atoms with van der Waals surface area (Å²) in [5, 5.41) is 7.52. The molecule has 3 aromatic rings. The van der Waals surface area contributed by atoms with Crippen molar-refractivity contribution in [2.45, 2.75) is 38.5 Å². The Bertz CT molecular complexity index is 1200. The number of aromatic nitrogens is 2. The lowest BCUT2D eigenvalue weighted by molar-refractivity contribution is -0.121. The predicted molar refractivity (Wildman–Crippen MR) is 137 cm³/mol. The summed E-state index contributed by atoms with van der Waals surface area (Å²) in [5.74, 6) is 0.920. The summed E-state index contributed by atoms with van der Waals surface area (Å²) in [6.45, 7) is 5.22. The third kappa shape index (κ3) is 5.22. The molecule has 2 fully saturated rings.